The number of rotatable bonds is 6. The molecule has 0 atom stereocenters. The van der Waals surface area contributed by atoms with Gasteiger partial charge in [-0.2, -0.15) is 0 Å². The Morgan fingerprint density at radius 3 is 2.50 bits per heavy atom. The van der Waals surface area contributed by atoms with Crippen molar-refractivity contribution in [3.8, 4) is 0 Å². The first-order valence-electron chi connectivity index (χ1n) is 6.49. The van der Waals surface area contributed by atoms with E-state index in [-0.39, 0.29) is 11.0 Å². The fourth-order valence-electron chi connectivity index (χ4n) is 2.10. The molecule has 0 unspecified atom stereocenters. The minimum atomic E-state index is -0.921. The van der Waals surface area contributed by atoms with Crippen molar-refractivity contribution in [3.05, 3.63) is 29.3 Å². The van der Waals surface area contributed by atoms with E-state index in [0.717, 1.165) is 31.4 Å². The van der Waals surface area contributed by atoms with Crippen LogP contribution in [0.15, 0.2) is 12.1 Å². The summed E-state index contributed by atoms with van der Waals surface area (Å²) in [5.41, 5.74) is 4.62. The third-order valence-electron chi connectivity index (χ3n) is 3.76. The largest absolute Gasteiger partial charge is 0.394 e. The first-order valence-corrected chi connectivity index (χ1v) is 6.49. The molecule has 4 nitrogen and oxygen atoms in total. The lowest BCUT2D eigenvalue weighted by atomic mass is 10.0. The number of benzene rings is 1. The maximum Gasteiger partial charge on any atom is 0.251 e. The Labute approximate surface area is 116 Å². The van der Waals surface area contributed by atoms with Crippen LogP contribution in [0, 0.1) is 17.0 Å². The number of nitrogens with two attached hydrogens (primary N) is 1. The van der Waals surface area contributed by atoms with Crippen LogP contribution < -0.4 is 11.1 Å². The molecule has 1 aliphatic carbocycles. The van der Waals surface area contributed by atoms with Gasteiger partial charge in [0.05, 0.1) is 0 Å². The SMILES string of the molecule is COCCC1(CNC(=O)c2cc(F)c(N)c(F)c2)CC1. The second kappa shape index (κ2) is 5.75. The number of hydrogen-bond donors (Lipinski definition) is 2. The average Bonchev–Trinajstić information content (AvgIpc) is 3.20. The minimum Gasteiger partial charge on any atom is -0.394 e. The van der Waals surface area contributed by atoms with Gasteiger partial charge in [0.2, 0.25) is 0 Å². The van der Waals surface area contributed by atoms with Crippen molar-refractivity contribution in [2.45, 2.75) is 19.3 Å². The summed E-state index contributed by atoms with van der Waals surface area (Å²) in [6.45, 7) is 1.13. The predicted octanol–water partition coefficient (Wildman–Crippen LogP) is 2.09. The highest BCUT2D eigenvalue weighted by Gasteiger charge is 2.42. The van der Waals surface area contributed by atoms with Crippen molar-refractivity contribution >= 4 is 11.6 Å². The average molecular weight is 284 g/mol. The lowest BCUT2D eigenvalue weighted by Crippen LogP contribution is -2.31. The molecule has 2 rings (SSSR count). The lowest BCUT2D eigenvalue weighted by Gasteiger charge is -2.15. The summed E-state index contributed by atoms with van der Waals surface area (Å²) in [5, 5.41) is 2.72. The van der Waals surface area contributed by atoms with Gasteiger partial charge in [-0.05, 0) is 36.8 Å². The molecule has 1 amide bonds. The summed E-state index contributed by atoms with van der Waals surface area (Å²) in [4.78, 5) is 11.9. The second-order valence-electron chi connectivity index (χ2n) is 5.28. The van der Waals surface area contributed by atoms with Crippen LogP contribution in [0.25, 0.3) is 0 Å². The number of nitrogen functional groups attached to an aromatic ring is 1. The maximum absolute atomic E-state index is 13.3. The molecule has 0 spiro atoms. The number of nitrogens with one attached hydrogen (secondary N) is 1. The molecule has 6 heteroatoms. The molecule has 1 fully saturated rings. The summed E-state index contributed by atoms with van der Waals surface area (Å²) in [6.07, 6.45) is 2.93. The van der Waals surface area contributed by atoms with Crippen LogP contribution in [0.3, 0.4) is 0 Å². The van der Waals surface area contributed by atoms with Gasteiger partial charge in [-0.15, -0.1) is 0 Å². The molecular formula is C14H18F2N2O2. The molecule has 110 valence electrons. The summed E-state index contributed by atoms with van der Waals surface area (Å²) in [7, 11) is 1.63. The maximum atomic E-state index is 13.3. The number of ether oxygens (including phenoxy) is 1. The Balaban J connectivity index is 1.96. The Morgan fingerprint density at radius 1 is 1.40 bits per heavy atom. The fourth-order valence-corrected chi connectivity index (χ4v) is 2.10. The second-order valence-corrected chi connectivity index (χ2v) is 5.28. The molecule has 20 heavy (non-hydrogen) atoms. The third-order valence-corrected chi connectivity index (χ3v) is 3.76. The zero-order valence-electron chi connectivity index (χ0n) is 11.3. The van der Waals surface area contributed by atoms with E-state index in [1.54, 1.807) is 7.11 Å². The summed E-state index contributed by atoms with van der Waals surface area (Å²) >= 11 is 0. The number of methoxy groups -OCH3 is 1. The van der Waals surface area contributed by atoms with Crippen LogP contribution in [-0.2, 0) is 4.74 Å². The lowest BCUT2D eigenvalue weighted by molar-refractivity contribution is 0.0937. The van der Waals surface area contributed by atoms with Crippen molar-refractivity contribution in [3.63, 3.8) is 0 Å². The van der Waals surface area contributed by atoms with Gasteiger partial charge in [0.15, 0.2) is 0 Å². The van der Waals surface area contributed by atoms with E-state index in [2.05, 4.69) is 5.32 Å². The number of carbonyl (C=O) groups excluding carboxylic acids is 1. The molecule has 0 aliphatic heterocycles. The number of hydrogen-bond acceptors (Lipinski definition) is 3. The standard InChI is InChI=1S/C14H18F2N2O2/c1-20-5-4-14(2-3-14)8-18-13(19)9-6-10(15)12(17)11(16)7-9/h6-7H,2-5,8,17H2,1H3,(H,18,19). The van der Waals surface area contributed by atoms with Gasteiger partial charge in [0.1, 0.15) is 17.3 Å². The smallest absolute Gasteiger partial charge is 0.251 e. The molecule has 3 N–H and O–H groups in total. The van der Waals surface area contributed by atoms with Crippen molar-refractivity contribution in [1.29, 1.82) is 0 Å². The fraction of sp³-hybridized carbons (Fsp3) is 0.500. The van der Waals surface area contributed by atoms with E-state index in [4.69, 9.17) is 10.5 Å². The Kier molecular flexibility index (Phi) is 4.23. The first-order chi connectivity index (χ1) is 9.47. The van der Waals surface area contributed by atoms with Crippen LogP contribution in [0.4, 0.5) is 14.5 Å². The number of halogens is 2. The molecular weight excluding hydrogens is 266 g/mol. The predicted molar refractivity (Wildman–Crippen MR) is 71.3 cm³/mol. The van der Waals surface area contributed by atoms with Crippen LogP contribution in [-0.4, -0.2) is 26.2 Å². The van der Waals surface area contributed by atoms with Gasteiger partial charge in [-0.1, -0.05) is 0 Å². The van der Waals surface area contributed by atoms with Gasteiger partial charge in [0.25, 0.3) is 5.91 Å². The van der Waals surface area contributed by atoms with Gasteiger partial charge in [-0.3, -0.25) is 4.79 Å². The van der Waals surface area contributed by atoms with Crippen LogP contribution in [0.5, 0.6) is 0 Å². The highest BCUT2D eigenvalue weighted by atomic mass is 19.1. The Bertz CT molecular complexity index is 493. The number of carbonyl (C=O) groups is 1. The van der Waals surface area contributed by atoms with Crippen LogP contribution in [0.2, 0.25) is 0 Å². The molecule has 0 bridgehead atoms. The van der Waals surface area contributed by atoms with E-state index < -0.39 is 23.2 Å². The van der Waals surface area contributed by atoms with Crippen molar-refractivity contribution in [2.24, 2.45) is 5.41 Å². The van der Waals surface area contributed by atoms with Gasteiger partial charge < -0.3 is 15.8 Å². The van der Waals surface area contributed by atoms with Crippen molar-refractivity contribution < 1.29 is 18.3 Å². The van der Waals surface area contributed by atoms with Gasteiger partial charge >= 0.3 is 0 Å². The van der Waals surface area contributed by atoms with Crippen LogP contribution >= 0.6 is 0 Å². The van der Waals surface area contributed by atoms with E-state index in [9.17, 15) is 13.6 Å². The summed E-state index contributed by atoms with van der Waals surface area (Å²) < 4.78 is 31.6. The van der Waals surface area contributed by atoms with Crippen molar-refractivity contribution in [1.82, 2.24) is 5.32 Å². The Hall–Kier alpha value is -1.69. The van der Waals surface area contributed by atoms with Crippen LogP contribution in [0.1, 0.15) is 29.6 Å². The highest BCUT2D eigenvalue weighted by molar-refractivity contribution is 5.94. The summed E-state index contributed by atoms with van der Waals surface area (Å²) in [5.74, 6) is -2.34. The minimum absolute atomic E-state index is 0.0586. The quantitative estimate of drug-likeness (QED) is 0.786. The van der Waals surface area contributed by atoms with E-state index in [1.165, 1.54) is 0 Å². The topological polar surface area (TPSA) is 64.3 Å². The van der Waals surface area contributed by atoms with E-state index >= 15 is 0 Å². The number of amides is 1. The normalized spacial score (nSPS) is 15.9. The van der Waals surface area contributed by atoms with E-state index in [1.807, 2.05) is 0 Å². The monoisotopic (exact) mass is 284 g/mol. The first kappa shape index (κ1) is 14.7. The van der Waals surface area contributed by atoms with Gasteiger partial charge in [0, 0.05) is 25.8 Å². The van der Waals surface area contributed by atoms with Crippen molar-refractivity contribution in [2.75, 3.05) is 26.0 Å². The highest BCUT2D eigenvalue weighted by Crippen LogP contribution is 2.48. The molecule has 0 aromatic heterocycles. The Morgan fingerprint density at radius 2 is 2.00 bits per heavy atom. The third kappa shape index (κ3) is 3.25. The zero-order valence-corrected chi connectivity index (χ0v) is 11.3. The zero-order chi connectivity index (χ0) is 14.8. The van der Waals surface area contributed by atoms with E-state index in [0.29, 0.717) is 13.2 Å². The molecule has 1 aromatic carbocycles. The molecule has 1 aliphatic rings. The molecule has 1 saturated carbocycles. The molecule has 1 aromatic rings. The molecule has 0 heterocycles. The number of anilines is 1. The summed E-state index contributed by atoms with van der Waals surface area (Å²) in [6, 6.07) is 1.89. The molecule has 0 radical (unpaired) electrons. The van der Waals surface area contributed by atoms with Gasteiger partial charge in [-0.25, -0.2) is 8.78 Å². The molecule has 0 saturated heterocycles.